The van der Waals surface area contributed by atoms with Gasteiger partial charge in [-0.15, -0.1) is 0 Å². The number of amides is 1. The third-order valence-electron chi connectivity index (χ3n) is 3.32. The van der Waals surface area contributed by atoms with Gasteiger partial charge >= 0.3 is 0 Å². The number of hydrogen-bond acceptors (Lipinski definition) is 3. The summed E-state index contributed by atoms with van der Waals surface area (Å²) in [7, 11) is 0. The van der Waals surface area contributed by atoms with Crippen LogP contribution in [0.2, 0.25) is 5.02 Å². The van der Waals surface area contributed by atoms with Crippen LogP contribution >= 0.6 is 11.6 Å². The van der Waals surface area contributed by atoms with Crippen LogP contribution in [0.3, 0.4) is 0 Å². The van der Waals surface area contributed by atoms with Gasteiger partial charge in [0.2, 0.25) is 0 Å². The van der Waals surface area contributed by atoms with Crippen molar-refractivity contribution in [1.29, 1.82) is 0 Å². The molecule has 0 fully saturated rings. The van der Waals surface area contributed by atoms with Crippen LogP contribution < -0.4 is 10.6 Å². The molecule has 0 aliphatic heterocycles. The summed E-state index contributed by atoms with van der Waals surface area (Å²) in [5.41, 5.74) is 1.04. The highest BCUT2D eigenvalue weighted by molar-refractivity contribution is 6.31. The molecular weight excluding hydrogens is 348 g/mol. The number of carbonyl (C=O) groups excluding carboxylic acids is 1. The maximum Gasteiger partial charge on any atom is 0.259 e. The van der Waals surface area contributed by atoms with Gasteiger partial charge < -0.3 is 10.6 Å². The number of halogens is 3. The van der Waals surface area contributed by atoms with Gasteiger partial charge in [-0.2, -0.15) is 0 Å². The van der Waals surface area contributed by atoms with Gasteiger partial charge in [0.1, 0.15) is 17.5 Å². The van der Waals surface area contributed by atoms with Gasteiger partial charge in [0, 0.05) is 17.6 Å². The third kappa shape index (κ3) is 4.10. The molecule has 1 heterocycles. The van der Waals surface area contributed by atoms with Crippen LogP contribution in [0.4, 0.5) is 26.0 Å². The maximum absolute atomic E-state index is 13.3. The van der Waals surface area contributed by atoms with Crippen molar-refractivity contribution in [2.24, 2.45) is 0 Å². The number of nitrogens with zero attached hydrogens (tertiary/aromatic N) is 1. The Morgan fingerprint density at radius 3 is 2.60 bits per heavy atom. The van der Waals surface area contributed by atoms with Crippen LogP contribution in [-0.4, -0.2) is 10.9 Å². The Morgan fingerprint density at radius 1 is 1.00 bits per heavy atom. The highest BCUT2D eigenvalue weighted by atomic mass is 35.5. The van der Waals surface area contributed by atoms with Crippen molar-refractivity contribution in [3.05, 3.63) is 83.0 Å². The normalized spacial score (nSPS) is 10.4. The molecule has 0 saturated heterocycles. The van der Waals surface area contributed by atoms with Gasteiger partial charge in [0.15, 0.2) is 0 Å². The molecule has 0 saturated carbocycles. The van der Waals surface area contributed by atoms with E-state index in [-0.39, 0.29) is 16.4 Å². The van der Waals surface area contributed by atoms with Crippen molar-refractivity contribution in [2.75, 3.05) is 10.6 Å². The number of pyridine rings is 1. The first-order valence-corrected chi connectivity index (χ1v) is 7.65. The summed E-state index contributed by atoms with van der Waals surface area (Å²) in [6, 6.07) is 12.8. The molecule has 126 valence electrons. The monoisotopic (exact) mass is 359 g/mol. The van der Waals surface area contributed by atoms with E-state index in [4.69, 9.17) is 11.6 Å². The van der Waals surface area contributed by atoms with Gasteiger partial charge in [-0.3, -0.25) is 4.79 Å². The van der Waals surface area contributed by atoms with Crippen LogP contribution in [0, 0.1) is 11.6 Å². The summed E-state index contributed by atoms with van der Waals surface area (Å²) in [6.07, 6.45) is 1.51. The fraction of sp³-hybridized carbons (Fsp3) is 0. The zero-order valence-corrected chi connectivity index (χ0v) is 13.5. The molecule has 25 heavy (non-hydrogen) atoms. The summed E-state index contributed by atoms with van der Waals surface area (Å²) in [6.45, 7) is 0. The fourth-order valence-electron chi connectivity index (χ4n) is 2.16. The number of benzene rings is 2. The Labute approximate surface area is 147 Å². The summed E-state index contributed by atoms with van der Waals surface area (Å²) < 4.78 is 26.5. The lowest BCUT2D eigenvalue weighted by Gasteiger charge is -2.11. The molecule has 0 radical (unpaired) electrons. The maximum atomic E-state index is 13.3. The van der Waals surface area contributed by atoms with Crippen LogP contribution in [0.25, 0.3) is 0 Å². The number of rotatable bonds is 4. The quantitative estimate of drug-likeness (QED) is 0.688. The van der Waals surface area contributed by atoms with E-state index in [9.17, 15) is 13.6 Å². The minimum atomic E-state index is -0.575. The molecule has 0 bridgehead atoms. The van der Waals surface area contributed by atoms with E-state index in [1.807, 2.05) is 0 Å². The van der Waals surface area contributed by atoms with E-state index in [1.165, 1.54) is 30.5 Å². The van der Waals surface area contributed by atoms with Crippen LogP contribution in [0.15, 0.2) is 60.8 Å². The Hall–Kier alpha value is -2.99. The lowest BCUT2D eigenvalue weighted by atomic mass is 10.2. The summed E-state index contributed by atoms with van der Waals surface area (Å²) in [4.78, 5) is 16.6. The van der Waals surface area contributed by atoms with Gasteiger partial charge in [0.25, 0.3) is 5.91 Å². The zero-order chi connectivity index (χ0) is 17.8. The van der Waals surface area contributed by atoms with E-state index in [2.05, 4.69) is 15.6 Å². The number of hydrogen-bond donors (Lipinski definition) is 2. The van der Waals surface area contributed by atoms with Crippen molar-refractivity contribution in [2.45, 2.75) is 0 Å². The first kappa shape index (κ1) is 16.9. The smallest absolute Gasteiger partial charge is 0.259 e. The molecule has 7 heteroatoms. The van der Waals surface area contributed by atoms with E-state index in [0.29, 0.717) is 11.4 Å². The van der Waals surface area contributed by atoms with E-state index < -0.39 is 17.5 Å². The highest BCUT2D eigenvalue weighted by Crippen LogP contribution is 2.22. The van der Waals surface area contributed by atoms with E-state index in [0.717, 1.165) is 6.07 Å². The largest absolute Gasteiger partial charge is 0.339 e. The van der Waals surface area contributed by atoms with Gasteiger partial charge in [0.05, 0.1) is 10.6 Å². The summed E-state index contributed by atoms with van der Waals surface area (Å²) >= 11 is 5.71. The minimum Gasteiger partial charge on any atom is -0.339 e. The number of anilines is 3. The van der Waals surface area contributed by atoms with Crippen molar-refractivity contribution < 1.29 is 13.6 Å². The second-order valence-electron chi connectivity index (χ2n) is 5.12. The number of carbonyl (C=O) groups is 1. The predicted molar refractivity (Wildman–Crippen MR) is 93.3 cm³/mol. The average Bonchev–Trinajstić information content (AvgIpc) is 2.59. The lowest BCUT2D eigenvalue weighted by molar-refractivity contribution is 0.102. The van der Waals surface area contributed by atoms with E-state index >= 15 is 0 Å². The second kappa shape index (κ2) is 7.27. The van der Waals surface area contributed by atoms with Crippen molar-refractivity contribution >= 4 is 34.7 Å². The van der Waals surface area contributed by atoms with Gasteiger partial charge in [-0.1, -0.05) is 17.7 Å². The molecule has 0 atom stereocenters. The molecule has 0 unspecified atom stereocenters. The van der Waals surface area contributed by atoms with Crippen molar-refractivity contribution in [3.8, 4) is 0 Å². The molecule has 0 aliphatic rings. The Bertz CT molecular complexity index is 934. The topological polar surface area (TPSA) is 54.0 Å². The molecule has 2 N–H and O–H groups in total. The summed E-state index contributed by atoms with van der Waals surface area (Å²) in [5, 5.41) is 5.43. The van der Waals surface area contributed by atoms with Crippen LogP contribution in [0.5, 0.6) is 0 Å². The third-order valence-corrected chi connectivity index (χ3v) is 3.61. The molecular formula is C18H12ClF2N3O. The lowest BCUT2D eigenvalue weighted by Crippen LogP contribution is -2.14. The average molecular weight is 360 g/mol. The van der Waals surface area contributed by atoms with E-state index in [1.54, 1.807) is 24.3 Å². The Morgan fingerprint density at radius 2 is 1.84 bits per heavy atom. The number of nitrogens with one attached hydrogen (secondary N) is 2. The highest BCUT2D eigenvalue weighted by Gasteiger charge is 2.13. The van der Waals surface area contributed by atoms with Crippen LogP contribution in [0.1, 0.15) is 10.4 Å². The molecule has 0 aliphatic carbocycles. The molecule has 0 spiro atoms. The molecule has 3 rings (SSSR count). The molecule has 2 aromatic carbocycles. The van der Waals surface area contributed by atoms with Gasteiger partial charge in [-0.05, 0) is 48.5 Å². The fourth-order valence-corrected chi connectivity index (χ4v) is 2.34. The Kier molecular flexibility index (Phi) is 4.90. The summed E-state index contributed by atoms with van der Waals surface area (Å²) in [5.74, 6) is -1.18. The zero-order valence-electron chi connectivity index (χ0n) is 12.8. The Balaban J connectivity index is 1.84. The molecule has 4 nitrogen and oxygen atoms in total. The number of aromatic nitrogens is 1. The molecule has 1 aromatic heterocycles. The van der Waals surface area contributed by atoms with Crippen molar-refractivity contribution in [3.63, 3.8) is 0 Å². The van der Waals surface area contributed by atoms with Crippen molar-refractivity contribution in [1.82, 2.24) is 4.98 Å². The first-order chi connectivity index (χ1) is 12.0. The van der Waals surface area contributed by atoms with Crippen LogP contribution in [-0.2, 0) is 0 Å². The SMILES string of the molecule is O=C(Nc1ccc(F)c(Cl)c1)c1cccnc1Nc1cccc(F)c1. The molecule has 1 amide bonds. The minimum absolute atomic E-state index is 0.0953. The second-order valence-corrected chi connectivity index (χ2v) is 5.53. The van der Waals surface area contributed by atoms with Gasteiger partial charge in [-0.25, -0.2) is 13.8 Å². The molecule has 3 aromatic rings. The first-order valence-electron chi connectivity index (χ1n) is 7.27. The standard InChI is InChI=1S/C18H12ClF2N3O/c19-15-10-13(6-7-16(15)21)24-18(25)14-5-2-8-22-17(14)23-12-4-1-3-11(20)9-12/h1-10H,(H,22,23)(H,24,25). The predicted octanol–water partition coefficient (Wildman–Crippen LogP) is 5.01.